The number of ketones is 2. The van der Waals surface area contributed by atoms with E-state index in [-0.39, 0.29) is 98.3 Å². The predicted octanol–water partition coefficient (Wildman–Crippen LogP) is 7.58. The van der Waals surface area contributed by atoms with Crippen LogP contribution in [0, 0.1) is 67.9 Å². The third kappa shape index (κ3) is 8.37. The van der Waals surface area contributed by atoms with Crippen molar-refractivity contribution in [1.82, 2.24) is 18.9 Å². The number of carboxylic acids is 1. The number of hydrogen-bond acceptors (Lipinski definition) is 15. The first kappa shape index (κ1) is 58.8. The lowest BCUT2D eigenvalue weighted by Crippen LogP contribution is -2.69. The highest BCUT2D eigenvalue weighted by Gasteiger charge is 2.75. The second kappa shape index (κ2) is 20.5. The number of allylic oxidation sites excluding steroid dienone is 4. The fourth-order valence-electron chi connectivity index (χ4n) is 17.0. The van der Waals surface area contributed by atoms with E-state index in [1.165, 1.54) is 40.2 Å². The normalized spacial score (nSPS) is 30.6. The zero-order valence-electron chi connectivity index (χ0n) is 50.1. The first-order valence-corrected chi connectivity index (χ1v) is 30.0. The van der Waals surface area contributed by atoms with Gasteiger partial charge in [-0.15, -0.1) is 0 Å². The zero-order chi connectivity index (χ0) is 61.0. The monoisotopic (exact) mass is 1180 g/mol. The number of methoxy groups -OCH3 is 2. The first-order chi connectivity index (χ1) is 40.2. The molecule has 2 aliphatic heterocycles. The highest BCUT2D eigenvalue weighted by molar-refractivity contribution is 6.03. The van der Waals surface area contributed by atoms with Crippen LogP contribution in [0.15, 0.2) is 33.4 Å². The predicted molar refractivity (Wildman–Crippen MR) is 312 cm³/mol. The molecule has 0 amide bonds. The standard InChI is InChI=1S/C64H77F3N6O12/c1-31-25-42-41-16-11-37-26-40(74)17-18-61(37,7)63(41,67)43(75)27-62(42,8)64(31,82)44(76)29-85-60(81)48-36(6)73(39-14-15-39)52-46(56(48)78)34(4)50(66)54(58(52)84-10)70-23-24-71(32(2)28-70)30-68-19-21-69(22-20-68)53-49(65)33(3)45-51(57(53)83-9)72(38-12-13-38)35(5)47(55(45)77)59(79)80/h17-18,26,31-32,38-39,41-43,75,82H,11-16,19-25,27-30H2,1-10H3,(H,79,80)/t31-,32?,41+,42+,43+,61+,62+,63+,64+/m1/s1. The summed E-state index contributed by atoms with van der Waals surface area (Å²) < 4.78 is 73.4. The van der Waals surface area contributed by atoms with Crippen molar-refractivity contribution >= 4 is 56.7 Å². The van der Waals surface area contributed by atoms with Crippen molar-refractivity contribution in [3.63, 3.8) is 0 Å². The number of Topliss-reactive ketones (excluding diaryl/α,β-unsaturated/α-hetero) is 1. The van der Waals surface area contributed by atoms with Crippen LogP contribution in [0.3, 0.4) is 0 Å². The van der Waals surface area contributed by atoms with E-state index in [1.807, 2.05) is 18.9 Å². The Balaban J connectivity index is 0.760. The van der Waals surface area contributed by atoms with Crippen molar-refractivity contribution in [2.24, 2.45) is 28.6 Å². The maximum absolute atomic E-state index is 17.9. The molecule has 456 valence electrons. The number of anilines is 2. The number of nitrogens with zero attached hydrogens (tertiary/aromatic N) is 6. The minimum absolute atomic E-state index is 0.0104. The van der Waals surface area contributed by atoms with Gasteiger partial charge < -0.3 is 48.5 Å². The van der Waals surface area contributed by atoms with Gasteiger partial charge in [-0.05, 0) is 117 Å². The van der Waals surface area contributed by atoms with Crippen LogP contribution in [0.1, 0.15) is 134 Å². The molecule has 2 aromatic heterocycles. The van der Waals surface area contributed by atoms with Crippen molar-refractivity contribution in [3.05, 3.63) is 89.5 Å². The lowest BCUT2D eigenvalue weighted by atomic mass is 9.44. The van der Waals surface area contributed by atoms with Gasteiger partial charge >= 0.3 is 11.9 Å². The topological polar surface area (TPSA) is 214 Å². The largest absolute Gasteiger partial charge is 0.492 e. The summed E-state index contributed by atoms with van der Waals surface area (Å²) in [6, 6.07) is -0.304. The molecule has 12 rings (SSSR count). The maximum Gasteiger partial charge on any atom is 0.344 e. The van der Waals surface area contributed by atoms with Crippen LogP contribution < -0.4 is 30.1 Å². The van der Waals surface area contributed by atoms with E-state index >= 15 is 13.2 Å². The second-order valence-electron chi connectivity index (χ2n) is 26.2. The third-order valence-corrected chi connectivity index (χ3v) is 21.8. The molecule has 3 N–H and O–H groups in total. The Morgan fingerprint density at radius 1 is 0.753 bits per heavy atom. The second-order valence-corrected chi connectivity index (χ2v) is 26.2. The van der Waals surface area contributed by atoms with E-state index in [2.05, 4.69) is 16.7 Å². The number of ether oxygens (including phenoxy) is 3. The van der Waals surface area contributed by atoms with Gasteiger partial charge in [-0.3, -0.25) is 29.0 Å². The van der Waals surface area contributed by atoms with Gasteiger partial charge in [-0.1, -0.05) is 25.5 Å². The number of aliphatic hydroxyl groups excluding tert-OH is 1. The number of carbonyl (C=O) groups is 4. The van der Waals surface area contributed by atoms with Crippen LogP contribution in [0.25, 0.3) is 21.8 Å². The summed E-state index contributed by atoms with van der Waals surface area (Å²) in [5, 5.41) is 34.5. The zero-order valence-corrected chi connectivity index (χ0v) is 50.1. The fourth-order valence-corrected chi connectivity index (χ4v) is 17.0. The number of rotatable bonds is 13. The fraction of sp³-hybridized carbons (Fsp3) is 0.594. The van der Waals surface area contributed by atoms with Gasteiger partial charge in [0.25, 0.3) is 0 Å². The summed E-state index contributed by atoms with van der Waals surface area (Å²) in [5.74, 6) is -6.55. The summed E-state index contributed by atoms with van der Waals surface area (Å²) in [5.41, 5.74) is -6.76. The van der Waals surface area contributed by atoms with E-state index in [0.717, 1.165) is 12.8 Å². The molecule has 0 spiro atoms. The van der Waals surface area contributed by atoms with Gasteiger partial charge in [0.05, 0.1) is 48.8 Å². The van der Waals surface area contributed by atoms with Crippen molar-refractivity contribution in [2.45, 2.75) is 142 Å². The van der Waals surface area contributed by atoms with Gasteiger partial charge in [-0.25, -0.2) is 22.8 Å². The van der Waals surface area contributed by atoms with Crippen molar-refractivity contribution < 1.29 is 61.9 Å². The van der Waals surface area contributed by atoms with Crippen molar-refractivity contribution in [2.75, 3.05) is 83.1 Å². The van der Waals surface area contributed by atoms with Gasteiger partial charge in [0.1, 0.15) is 28.1 Å². The van der Waals surface area contributed by atoms with Gasteiger partial charge in [0.15, 0.2) is 41.2 Å². The van der Waals surface area contributed by atoms with Crippen LogP contribution in [0.2, 0.25) is 0 Å². The Kier molecular flexibility index (Phi) is 14.2. The highest BCUT2D eigenvalue weighted by Crippen LogP contribution is 2.71. The summed E-state index contributed by atoms with van der Waals surface area (Å²) in [6.45, 7) is 16.4. The molecule has 8 aliphatic rings. The molecule has 7 fully saturated rings. The Morgan fingerprint density at radius 3 is 1.84 bits per heavy atom. The molecule has 18 nitrogen and oxygen atoms in total. The highest BCUT2D eigenvalue weighted by atomic mass is 19.1. The molecule has 2 aromatic carbocycles. The lowest BCUT2D eigenvalue weighted by molar-refractivity contribution is -0.219. The SMILES string of the molecule is COc1c(N2CCN(CN3CCN(c4c(F)c(C)c5c(=O)c(C(=O)OCC(=O)[C@@]6(O)[C@H](C)C[C@H]7[C@@H]8CCC9=CC(=O)C=C[C@]9(C)[C@@]8(F)[C@@H](O)C[C@@]76C)c(C)n(C6CC6)c5c4OC)CC3C)CC2)c(F)c(C)c2c(=O)c(C(=O)O)c(C)n(C3CC3)c12. The van der Waals surface area contributed by atoms with Crippen LogP contribution in [0.4, 0.5) is 24.5 Å². The molecular weight excluding hydrogens is 1100 g/mol. The summed E-state index contributed by atoms with van der Waals surface area (Å²) in [4.78, 5) is 90.7. The summed E-state index contributed by atoms with van der Waals surface area (Å²) >= 11 is 0. The molecular formula is C64H77F3N6O12. The van der Waals surface area contributed by atoms with E-state index in [4.69, 9.17) is 14.2 Å². The molecule has 21 heteroatoms. The lowest BCUT2D eigenvalue weighted by Gasteiger charge is -2.62. The smallest absolute Gasteiger partial charge is 0.344 e. The summed E-state index contributed by atoms with van der Waals surface area (Å²) in [6.07, 6.45) is 6.41. The minimum Gasteiger partial charge on any atom is -0.492 e. The van der Waals surface area contributed by atoms with Gasteiger partial charge in [0.2, 0.25) is 16.6 Å². The quantitative estimate of drug-likeness (QED) is 0.110. The molecule has 5 saturated carbocycles. The number of aryl methyl sites for hydroxylation is 2. The Hall–Kier alpha value is -6.55. The number of hydrogen-bond donors (Lipinski definition) is 3. The maximum atomic E-state index is 17.9. The van der Waals surface area contributed by atoms with Crippen LogP contribution in [0.5, 0.6) is 11.5 Å². The number of aliphatic hydroxyl groups is 2. The Morgan fingerprint density at radius 2 is 1.29 bits per heavy atom. The number of carbonyl (C=O) groups excluding carboxylic acids is 3. The van der Waals surface area contributed by atoms with Crippen LogP contribution >= 0.6 is 0 Å². The van der Waals surface area contributed by atoms with E-state index in [0.29, 0.717) is 100 Å². The molecule has 6 aliphatic carbocycles. The summed E-state index contributed by atoms with van der Waals surface area (Å²) in [7, 11) is 2.87. The number of piperazine rings is 2. The molecule has 9 atom stereocenters. The number of carboxylic acid groups (broad SMARTS) is 1. The number of alkyl halides is 1. The number of aromatic nitrogens is 2. The number of benzene rings is 2. The minimum atomic E-state index is -2.18. The Labute approximate surface area is 490 Å². The number of pyridine rings is 2. The first-order valence-electron chi connectivity index (χ1n) is 30.0. The molecule has 4 aromatic rings. The van der Waals surface area contributed by atoms with E-state index in [9.17, 15) is 44.1 Å². The van der Waals surface area contributed by atoms with E-state index < -0.39 is 92.8 Å². The molecule has 2 saturated heterocycles. The number of fused-ring (bicyclic) bond motifs is 7. The number of esters is 1. The van der Waals surface area contributed by atoms with Crippen LogP contribution in [-0.2, 0) is 14.3 Å². The van der Waals surface area contributed by atoms with Gasteiger partial charge in [-0.2, -0.15) is 0 Å². The molecule has 85 heavy (non-hydrogen) atoms. The molecule has 4 heterocycles. The molecule has 0 bridgehead atoms. The Bertz CT molecular complexity index is 3770. The van der Waals surface area contributed by atoms with E-state index in [1.54, 1.807) is 40.7 Å². The third-order valence-electron chi connectivity index (χ3n) is 21.8. The average molecular weight is 1180 g/mol. The van der Waals surface area contributed by atoms with Crippen LogP contribution in [-0.4, -0.2) is 154 Å². The van der Waals surface area contributed by atoms with Crippen molar-refractivity contribution in [1.29, 1.82) is 0 Å². The number of aromatic carboxylic acids is 1. The average Bonchev–Trinajstić information content (AvgIpc) is 1.59. The van der Waals surface area contributed by atoms with Gasteiger partial charge in [0, 0.05) is 103 Å². The van der Waals surface area contributed by atoms with Crippen molar-refractivity contribution in [3.8, 4) is 11.5 Å². The molecule has 1 unspecified atom stereocenters. The number of halogens is 3. The molecule has 0 radical (unpaired) electrons.